The van der Waals surface area contributed by atoms with Gasteiger partial charge >= 0.3 is 6.36 Å². The molecule has 6 nitrogen and oxygen atoms in total. The van der Waals surface area contributed by atoms with Gasteiger partial charge in [0.05, 0.1) is 16.2 Å². The quantitative estimate of drug-likeness (QED) is 0.672. The second-order valence-electron chi connectivity index (χ2n) is 4.73. The maximum absolute atomic E-state index is 12.1. The van der Waals surface area contributed by atoms with Gasteiger partial charge in [-0.05, 0) is 37.3 Å². The van der Waals surface area contributed by atoms with Crippen LogP contribution in [0.25, 0.3) is 0 Å². The monoisotopic (exact) mass is 340 g/mol. The predicted molar refractivity (Wildman–Crippen MR) is 78.9 cm³/mol. The van der Waals surface area contributed by atoms with E-state index >= 15 is 0 Å². The zero-order valence-corrected chi connectivity index (χ0v) is 12.3. The number of nitrogens with one attached hydrogen (secondary N) is 1. The Kier molecular flexibility index (Phi) is 4.72. The van der Waals surface area contributed by atoms with E-state index in [0.29, 0.717) is 0 Å². The van der Waals surface area contributed by atoms with E-state index in [2.05, 4.69) is 10.1 Å². The highest BCUT2D eigenvalue weighted by molar-refractivity contribution is 6.04. The van der Waals surface area contributed by atoms with Crippen LogP contribution in [-0.2, 0) is 0 Å². The van der Waals surface area contributed by atoms with Gasteiger partial charge in [-0.2, -0.15) is 0 Å². The van der Waals surface area contributed by atoms with Crippen LogP contribution in [0.3, 0.4) is 0 Å². The fourth-order valence-electron chi connectivity index (χ4n) is 1.96. The molecule has 0 aromatic heterocycles. The van der Waals surface area contributed by atoms with Gasteiger partial charge < -0.3 is 10.1 Å². The molecule has 0 saturated carbocycles. The summed E-state index contributed by atoms with van der Waals surface area (Å²) in [6, 6.07) is 8.52. The summed E-state index contributed by atoms with van der Waals surface area (Å²) in [6.45, 7) is 1.48. The fraction of sp³-hybridized carbons (Fsp3) is 0.133. The van der Waals surface area contributed by atoms with Crippen molar-refractivity contribution in [2.24, 2.45) is 0 Å². The molecular formula is C15H11F3N2O4. The van der Waals surface area contributed by atoms with Gasteiger partial charge in [-0.1, -0.05) is 6.07 Å². The zero-order valence-electron chi connectivity index (χ0n) is 12.3. The molecule has 2 rings (SSSR count). The first kappa shape index (κ1) is 17.3. The predicted octanol–water partition coefficient (Wildman–Crippen LogP) is 4.05. The highest BCUT2D eigenvalue weighted by atomic mass is 19.4. The third-order valence-corrected chi connectivity index (χ3v) is 3.10. The first-order valence-corrected chi connectivity index (χ1v) is 6.58. The lowest BCUT2D eigenvalue weighted by Gasteiger charge is -2.10. The number of rotatable bonds is 4. The number of nitro benzene ring substituents is 1. The highest BCUT2D eigenvalue weighted by Gasteiger charge is 2.31. The van der Waals surface area contributed by atoms with Gasteiger partial charge in [0, 0.05) is 11.6 Å². The van der Waals surface area contributed by atoms with Crippen LogP contribution in [0, 0.1) is 17.0 Å². The van der Waals surface area contributed by atoms with E-state index in [1.54, 1.807) is 0 Å². The maximum atomic E-state index is 12.1. The Balaban J connectivity index is 2.16. The van der Waals surface area contributed by atoms with Crippen molar-refractivity contribution >= 4 is 17.3 Å². The first-order valence-electron chi connectivity index (χ1n) is 6.58. The molecule has 0 radical (unpaired) electrons. The molecular weight excluding hydrogens is 329 g/mol. The third kappa shape index (κ3) is 4.22. The summed E-state index contributed by atoms with van der Waals surface area (Å²) < 4.78 is 39.9. The number of benzene rings is 2. The van der Waals surface area contributed by atoms with Gasteiger partial charge in [0.1, 0.15) is 5.75 Å². The van der Waals surface area contributed by atoms with Crippen molar-refractivity contribution in [2.75, 3.05) is 5.32 Å². The molecule has 24 heavy (non-hydrogen) atoms. The van der Waals surface area contributed by atoms with E-state index in [0.717, 1.165) is 24.3 Å². The summed E-state index contributed by atoms with van der Waals surface area (Å²) in [7, 11) is 0. The Morgan fingerprint density at radius 3 is 2.33 bits per heavy atom. The molecule has 0 fully saturated rings. The standard InChI is InChI=1S/C15H11F3N2O4/c1-9-12(3-2-4-13(9)20(22)23)19-14(21)10-5-7-11(8-6-10)24-15(16,17)18/h2-8H,1H3,(H,19,21). The van der Waals surface area contributed by atoms with E-state index in [1.807, 2.05) is 0 Å². The number of anilines is 1. The Morgan fingerprint density at radius 2 is 1.79 bits per heavy atom. The van der Waals surface area contributed by atoms with E-state index < -0.39 is 22.9 Å². The Bertz CT molecular complexity index is 773. The SMILES string of the molecule is Cc1c(NC(=O)c2ccc(OC(F)(F)F)cc2)cccc1[N+](=O)[O-]. The van der Waals surface area contributed by atoms with Crippen molar-refractivity contribution in [3.8, 4) is 5.75 Å². The van der Waals surface area contributed by atoms with Crippen LogP contribution in [0.2, 0.25) is 0 Å². The van der Waals surface area contributed by atoms with Crippen LogP contribution < -0.4 is 10.1 Å². The van der Waals surface area contributed by atoms with Crippen LogP contribution in [0.5, 0.6) is 5.75 Å². The zero-order chi connectivity index (χ0) is 17.9. The van der Waals surface area contributed by atoms with Crippen molar-refractivity contribution in [1.29, 1.82) is 0 Å². The molecule has 0 heterocycles. The van der Waals surface area contributed by atoms with Gasteiger partial charge in [0.15, 0.2) is 0 Å². The number of ether oxygens (including phenoxy) is 1. The van der Waals surface area contributed by atoms with Gasteiger partial charge in [-0.3, -0.25) is 14.9 Å². The Labute approximate surface area is 134 Å². The number of nitrogens with zero attached hydrogens (tertiary/aromatic N) is 1. The van der Waals surface area contributed by atoms with Crippen molar-refractivity contribution in [2.45, 2.75) is 13.3 Å². The lowest BCUT2D eigenvalue weighted by Crippen LogP contribution is -2.17. The van der Waals surface area contributed by atoms with Gasteiger partial charge in [-0.15, -0.1) is 13.2 Å². The molecule has 2 aromatic carbocycles. The lowest BCUT2D eigenvalue weighted by atomic mass is 10.1. The Morgan fingerprint density at radius 1 is 1.17 bits per heavy atom. The molecule has 9 heteroatoms. The number of hydrogen-bond acceptors (Lipinski definition) is 4. The molecule has 1 amide bonds. The van der Waals surface area contributed by atoms with E-state index in [1.165, 1.54) is 25.1 Å². The topological polar surface area (TPSA) is 81.5 Å². The van der Waals surface area contributed by atoms with Gasteiger partial charge in [0.25, 0.3) is 11.6 Å². The van der Waals surface area contributed by atoms with E-state index in [4.69, 9.17) is 0 Å². The smallest absolute Gasteiger partial charge is 0.406 e. The van der Waals surface area contributed by atoms with Crippen molar-refractivity contribution < 1.29 is 27.6 Å². The molecule has 0 atom stereocenters. The molecule has 0 bridgehead atoms. The molecule has 2 aromatic rings. The summed E-state index contributed by atoms with van der Waals surface area (Å²) in [5.74, 6) is -1.07. The van der Waals surface area contributed by atoms with Crippen LogP contribution >= 0.6 is 0 Å². The maximum Gasteiger partial charge on any atom is 0.573 e. The third-order valence-electron chi connectivity index (χ3n) is 3.10. The number of carbonyl (C=O) groups excluding carboxylic acids is 1. The van der Waals surface area contributed by atoms with Crippen molar-refractivity contribution in [3.63, 3.8) is 0 Å². The first-order chi connectivity index (χ1) is 11.2. The molecule has 0 aliphatic heterocycles. The number of alkyl halides is 3. The van der Waals surface area contributed by atoms with Crippen LogP contribution in [0.1, 0.15) is 15.9 Å². The van der Waals surface area contributed by atoms with Crippen molar-refractivity contribution in [3.05, 3.63) is 63.7 Å². The molecule has 0 aliphatic carbocycles. The second kappa shape index (κ2) is 6.57. The summed E-state index contributed by atoms with van der Waals surface area (Å²) in [4.78, 5) is 22.4. The highest BCUT2D eigenvalue weighted by Crippen LogP contribution is 2.26. The van der Waals surface area contributed by atoms with E-state index in [9.17, 15) is 28.1 Å². The second-order valence-corrected chi connectivity index (χ2v) is 4.73. The van der Waals surface area contributed by atoms with E-state index in [-0.39, 0.29) is 22.5 Å². The minimum Gasteiger partial charge on any atom is -0.406 e. The largest absolute Gasteiger partial charge is 0.573 e. The molecule has 1 N–H and O–H groups in total. The molecule has 126 valence electrons. The minimum absolute atomic E-state index is 0.0791. The van der Waals surface area contributed by atoms with Crippen molar-refractivity contribution in [1.82, 2.24) is 0 Å². The van der Waals surface area contributed by atoms with Crippen LogP contribution in [0.4, 0.5) is 24.5 Å². The molecule has 0 spiro atoms. The lowest BCUT2D eigenvalue weighted by molar-refractivity contribution is -0.385. The number of carbonyl (C=O) groups is 1. The normalized spacial score (nSPS) is 11.0. The van der Waals surface area contributed by atoms with Gasteiger partial charge in [0.2, 0.25) is 0 Å². The summed E-state index contributed by atoms with van der Waals surface area (Å²) >= 11 is 0. The van der Waals surface area contributed by atoms with Gasteiger partial charge in [-0.25, -0.2) is 0 Å². The number of halogens is 3. The molecule has 0 unspecified atom stereocenters. The average molecular weight is 340 g/mol. The molecule has 0 saturated heterocycles. The number of amides is 1. The average Bonchev–Trinajstić information content (AvgIpc) is 2.48. The summed E-state index contributed by atoms with van der Waals surface area (Å²) in [5, 5.41) is 13.4. The van der Waals surface area contributed by atoms with Crippen LogP contribution in [-0.4, -0.2) is 17.2 Å². The minimum atomic E-state index is -4.82. The van der Waals surface area contributed by atoms with Crippen LogP contribution in [0.15, 0.2) is 42.5 Å². The summed E-state index contributed by atoms with van der Waals surface area (Å²) in [5.41, 5.74) is 0.440. The number of hydrogen-bond donors (Lipinski definition) is 1. The summed E-state index contributed by atoms with van der Waals surface area (Å²) in [6.07, 6.45) is -4.82. The molecule has 0 aliphatic rings. The Hall–Kier alpha value is -3.10. The number of nitro groups is 1. The fourth-order valence-corrected chi connectivity index (χ4v) is 1.96.